The fourth-order valence-corrected chi connectivity index (χ4v) is 1.94. The number of rotatable bonds is 7. The smallest absolute Gasteiger partial charge is 0.145 e. The highest BCUT2D eigenvalue weighted by Gasteiger charge is 2.12. The fourth-order valence-electron chi connectivity index (χ4n) is 1.70. The minimum Gasteiger partial charge on any atom is -0.428 e. The van der Waals surface area contributed by atoms with E-state index in [0.29, 0.717) is 0 Å². The van der Waals surface area contributed by atoms with Crippen LogP contribution < -0.4 is 0 Å². The first kappa shape index (κ1) is 13.9. The van der Waals surface area contributed by atoms with Gasteiger partial charge in [-0.2, -0.15) is 0 Å². The molecule has 1 nitrogen and oxygen atoms in total. The Labute approximate surface area is 92.5 Å². The Bertz CT molecular complexity index is 154. The average Bonchev–Trinajstić information content (AvgIpc) is 2.22. The third kappa shape index (κ3) is 4.96. The van der Waals surface area contributed by atoms with E-state index in [4.69, 9.17) is 4.43 Å². The molecule has 0 saturated heterocycles. The van der Waals surface area contributed by atoms with Gasteiger partial charge in [-0.15, -0.1) is 0 Å². The van der Waals surface area contributed by atoms with Gasteiger partial charge in [0.05, 0.1) is 0 Å². The first-order valence-corrected chi connectivity index (χ1v) is 6.67. The third-order valence-corrected chi connectivity index (χ3v) is 3.47. The van der Waals surface area contributed by atoms with Crippen LogP contribution in [0.3, 0.4) is 0 Å². The molecule has 2 heteroatoms. The first-order chi connectivity index (χ1) is 6.67. The van der Waals surface area contributed by atoms with Crippen LogP contribution >= 0.6 is 0 Å². The van der Waals surface area contributed by atoms with E-state index in [0.717, 1.165) is 35.3 Å². The standard InChI is InChI=1S/C12H26OSi/c1-5-10(3)12(11(4)6-2)8-7-9-13-14/h8,10-11H,5-7,9H2,1-4,14H3. The van der Waals surface area contributed by atoms with Crippen LogP contribution in [0.25, 0.3) is 0 Å². The lowest BCUT2D eigenvalue weighted by molar-refractivity contribution is 0.356. The van der Waals surface area contributed by atoms with Crippen LogP contribution in [0.5, 0.6) is 0 Å². The van der Waals surface area contributed by atoms with Gasteiger partial charge in [0, 0.05) is 6.61 Å². The summed E-state index contributed by atoms with van der Waals surface area (Å²) in [6.07, 6.45) is 5.99. The van der Waals surface area contributed by atoms with Crippen molar-refractivity contribution in [2.75, 3.05) is 6.61 Å². The van der Waals surface area contributed by atoms with Gasteiger partial charge in [0.25, 0.3) is 0 Å². The molecule has 0 amide bonds. The highest BCUT2D eigenvalue weighted by Crippen LogP contribution is 2.25. The molecule has 0 aromatic carbocycles. The summed E-state index contributed by atoms with van der Waals surface area (Å²) in [5.41, 5.74) is 1.63. The Balaban J connectivity index is 4.29. The van der Waals surface area contributed by atoms with Crippen molar-refractivity contribution in [2.45, 2.75) is 47.0 Å². The second-order valence-electron chi connectivity index (χ2n) is 4.10. The predicted octanol–water partition coefficient (Wildman–Crippen LogP) is 2.69. The predicted molar refractivity (Wildman–Crippen MR) is 67.5 cm³/mol. The van der Waals surface area contributed by atoms with E-state index in [-0.39, 0.29) is 0 Å². The summed E-state index contributed by atoms with van der Waals surface area (Å²) >= 11 is 0. The van der Waals surface area contributed by atoms with Gasteiger partial charge in [0.15, 0.2) is 0 Å². The Morgan fingerprint density at radius 1 is 1.21 bits per heavy atom. The molecular weight excluding hydrogens is 188 g/mol. The Hall–Kier alpha value is -0.0831. The monoisotopic (exact) mass is 214 g/mol. The molecule has 14 heavy (non-hydrogen) atoms. The van der Waals surface area contributed by atoms with E-state index in [9.17, 15) is 0 Å². The molecular formula is C12H26OSi. The van der Waals surface area contributed by atoms with Crippen molar-refractivity contribution in [1.29, 1.82) is 0 Å². The second-order valence-corrected chi connectivity index (χ2v) is 4.68. The molecule has 0 aromatic heterocycles. The van der Waals surface area contributed by atoms with Crippen LogP contribution in [0, 0.1) is 11.8 Å². The zero-order chi connectivity index (χ0) is 11.0. The molecule has 2 unspecified atom stereocenters. The molecule has 0 aromatic rings. The Morgan fingerprint density at radius 2 is 1.71 bits per heavy atom. The molecule has 0 fully saturated rings. The second kappa shape index (κ2) is 8.24. The van der Waals surface area contributed by atoms with Crippen LogP contribution in [0.4, 0.5) is 0 Å². The Kier molecular flexibility index (Phi) is 8.19. The van der Waals surface area contributed by atoms with Gasteiger partial charge < -0.3 is 4.43 Å². The number of hydrogen-bond donors (Lipinski definition) is 0. The number of allylic oxidation sites excluding steroid dienone is 1. The van der Waals surface area contributed by atoms with Gasteiger partial charge >= 0.3 is 0 Å². The first-order valence-electron chi connectivity index (χ1n) is 5.86. The molecule has 84 valence electrons. The lowest BCUT2D eigenvalue weighted by Gasteiger charge is -2.20. The molecule has 0 rings (SSSR count). The molecule has 0 aliphatic carbocycles. The van der Waals surface area contributed by atoms with E-state index in [1.165, 1.54) is 12.8 Å². The zero-order valence-electron chi connectivity index (χ0n) is 10.5. The number of hydrogen-bond acceptors (Lipinski definition) is 1. The molecule has 0 radical (unpaired) electrons. The highest BCUT2D eigenvalue weighted by molar-refractivity contribution is 5.97. The van der Waals surface area contributed by atoms with Crippen molar-refractivity contribution in [1.82, 2.24) is 0 Å². The normalized spacial score (nSPS) is 15.1. The van der Waals surface area contributed by atoms with Crippen LogP contribution in [-0.2, 0) is 4.43 Å². The molecule has 0 saturated carbocycles. The summed E-state index contributed by atoms with van der Waals surface area (Å²) in [5, 5.41) is 0. The summed E-state index contributed by atoms with van der Waals surface area (Å²) in [6.45, 7) is 10.1. The van der Waals surface area contributed by atoms with Gasteiger partial charge in [-0.3, -0.25) is 0 Å². The molecule has 0 aliphatic rings. The summed E-state index contributed by atoms with van der Waals surface area (Å²) in [6, 6.07) is 0. The maximum absolute atomic E-state index is 5.21. The zero-order valence-corrected chi connectivity index (χ0v) is 12.5. The van der Waals surface area contributed by atoms with E-state index in [2.05, 4.69) is 33.8 Å². The van der Waals surface area contributed by atoms with Gasteiger partial charge in [0.1, 0.15) is 10.5 Å². The van der Waals surface area contributed by atoms with Crippen molar-refractivity contribution in [3.63, 3.8) is 0 Å². The van der Waals surface area contributed by atoms with Crippen LogP contribution in [0.2, 0.25) is 0 Å². The van der Waals surface area contributed by atoms with Gasteiger partial charge in [-0.25, -0.2) is 0 Å². The van der Waals surface area contributed by atoms with E-state index >= 15 is 0 Å². The minimum atomic E-state index is 0.735. The van der Waals surface area contributed by atoms with E-state index in [1.54, 1.807) is 5.57 Å². The molecule has 0 aliphatic heterocycles. The van der Waals surface area contributed by atoms with E-state index in [1.807, 2.05) is 0 Å². The van der Waals surface area contributed by atoms with Crippen molar-refractivity contribution in [2.24, 2.45) is 11.8 Å². The lowest BCUT2D eigenvalue weighted by Crippen LogP contribution is -2.07. The highest BCUT2D eigenvalue weighted by atomic mass is 28.2. The van der Waals surface area contributed by atoms with Crippen molar-refractivity contribution in [3.8, 4) is 0 Å². The fraction of sp³-hybridized carbons (Fsp3) is 0.833. The summed E-state index contributed by atoms with van der Waals surface area (Å²) in [5.74, 6) is 1.47. The Morgan fingerprint density at radius 3 is 2.07 bits per heavy atom. The van der Waals surface area contributed by atoms with Crippen LogP contribution in [-0.4, -0.2) is 17.1 Å². The summed E-state index contributed by atoms with van der Waals surface area (Å²) in [7, 11) is 0.864. The van der Waals surface area contributed by atoms with Crippen molar-refractivity contribution >= 4 is 10.5 Å². The van der Waals surface area contributed by atoms with Gasteiger partial charge in [-0.1, -0.05) is 39.3 Å². The lowest BCUT2D eigenvalue weighted by atomic mass is 9.86. The van der Waals surface area contributed by atoms with Crippen molar-refractivity contribution in [3.05, 3.63) is 11.6 Å². The van der Waals surface area contributed by atoms with Crippen LogP contribution in [0.15, 0.2) is 11.6 Å². The molecule has 0 N–H and O–H groups in total. The molecule has 2 atom stereocenters. The maximum Gasteiger partial charge on any atom is 0.145 e. The van der Waals surface area contributed by atoms with Crippen molar-refractivity contribution < 1.29 is 4.43 Å². The van der Waals surface area contributed by atoms with E-state index < -0.39 is 0 Å². The largest absolute Gasteiger partial charge is 0.428 e. The topological polar surface area (TPSA) is 9.23 Å². The molecule has 0 heterocycles. The minimum absolute atomic E-state index is 0.735. The van der Waals surface area contributed by atoms with Gasteiger partial charge in [-0.05, 0) is 31.1 Å². The SMILES string of the molecule is CCC(C)C(=CCCO[SiH3])C(C)CC. The molecule has 0 bridgehead atoms. The summed E-state index contributed by atoms with van der Waals surface area (Å²) < 4.78 is 5.21. The third-order valence-electron chi connectivity index (χ3n) is 3.06. The summed E-state index contributed by atoms with van der Waals surface area (Å²) in [4.78, 5) is 0. The quantitative estimate of drug-likeness (QED) is 0.360. The average molecular weight is 214 g/mol. The van der Waals surface area contributed by atoms with Crippen LogP contribution in [0.1, 0.15) is 47.0 Å². The van der Waals surface area contributed by atoms with Gasteiger partial charge in [0.2, 0.25) is 0 Å². The molecule has 0 spiro atoms. The maximum atomic E-state index is 5.21.